The minimum Gasteiger partial charge on any atom is -0.348 e. The predicted octanol–water partition coefficient (Wildman–Crippen LogP) is 4.89. The first-order chi connectivity index (χ1) is 14.1. The number of aryl methyl sites for hydroxylation is 1. The molecule has 9 heteroatoms. The summed E-state index contributed by atoms with van der Waals surface area (Å²) in [6, 6.07) is 10.7. The van der Waals surface area contributed by atoms with E-state index in [0.29, 0.717) is 11.3 Å². The second-order valence-corrected chi connectivity index (χ2v) is 6.90. The predicted molar refractivity (Wildman–Crippen MR) is 104 cm³/mol. The summed E-state index contributed by atoms with van der Waals surface area (Å²) in [5.74, 6) is -1.27. The fourth-order valence-corrected chi connectivity index (χ4v) is 3.12. The number of hydrogen-bond acceptors (Lipinski definition) is 2. The van der Waals surface area contributed by atoms with Crippen LogP contribution >= 0.6 is 11.6 Å². The van der Waals surface area contributed by atoms with E-state index in [4.69, 9.17) is 11.6 Å². The lowest BCUT2D eigenvalue weighted by atomic mass is 10.1. The van der Waals surface area contributed by atoms with Gasteiger partial charge in [0, 0.05) is 22.9 Å². The van der Waals surface area contributed by atoms with Crippen LogP contribution in [0.3, 0.4) is 0 Å². The van der Waals surface area contributed by atoms with Crippen molar-refractivity contribution in [3.8, 4) is 5.69 Å². The van der Waals surface area contributed by atoms with Gasteiger partial charge in [0.25, 0.3) is 11.5 Å². The average Bonchev–Trinajstić information content (AvgIpc) is 2.67. The average molecular weight is 439 g/mol. The van der Waals surface area contributed by atoms with Crippen molar-refractivity contribution in [2.45, 2.75) is 19.6 Å². The Bertz CT molecular complexity index is 1170. The highest BCUT2D eigenvalue weighted by Gasteiger charge is 2.30. The quantitative estimate of drug-likeness (QED) is 0.590. The van der Waals surface area contributed by atoms with Crippen LogP contribution in [-0.4, -0.2) is 10.5 Å². The van der Waals surface area contributed by atoms with Crippen LogP contribution in [0, 0.1) is 12.7 Å². The molecule has 3 aromatic rings. The largest absolute Gasteiger partial charge is 0.416 e. The molecule has 0 aliphatic heterocycles. The summed E-state index contributed by atoms with van der Waals surface area (Å²) in [7, 11) is 0. The lowest BCUT2D eigenvalue weighted by molar-refractivity contribution is -0.137. The van der Waals surface area contributed by atoms with Crippen molar-refractivity contribution in [2.24, 2.45) is 0 Å². The molecule has 4 nitrogen and oxygen atoms in total. The minimum atomic E-state index is -4.57. The molecule has 0 saturated heterocycles. The number of nitrogens with one attached hydrogen (secondary N) is 1. The van der Waals surface area contributed by atoms with E-state index in [1.165, 1.54) is 36.4 Å². The first-order valence-electron chi connectivity index (χ1n) is 8.70. The number of benzene rings is 2. The summed E-state index contributed by atoms with van der Waals surface area (Å²) in [6.07, 6.45) is -4.57. The Morgan fingerprint density at radius 3 is 2.50 bits per heavy atom. The summed E-state index contributed by atoms with van der Waals surface area (Å²) in [5.41, 5.74) is -1.14. The molecule has 0 aliphatic rings. The summed E-state index contributed by atoms with van der Waals surface area (Å²) >= 11 is 5.92. The van der Waals surface area contributed by atoms with E-state index >= 15 is 0 Å². The minimum absolute atomic E-state index is 0.0106. The smallest absolute Gasteiger partial charge is 0.348 e. The van der Waals surface area contributed by atoms with Gasteiger partial charge in [-0.2, -0.15) is 13.2 Å². The third-order valence-corrected chi connectivity index (χ3v) is 4.76. The van der Waals surface area contributed by atoms with E-state index in [1.807, 2.05) is 0 Å². The van der Waals surface area contributed by atoms with Gasteiger partial charge in [0.15, 0.2) is 0 Å². The molecule has 1 amide bonds. The van der Waals surface area contributed by atoms with Crippen molar-refractivity contribution in [3.63, 3.8) is 0 Å². The van der Waals surface area contributed by atoms with Gasteiger partial charge in [0.2, 0.25) is 0 Å². The second-order valence-electron chi connectivity index (χ2n) is 6.50. The number of aromatic nitrogens is 1. The van der Waals surface area contributed by atoms with E-state index in [-0.39, 0.29) is 22.8 Å². The number of pyridine rings is 1. The maximum absolute atomic E-state index is 13.1. The summed E-state index contributed by atoms with van der Waals surface area (Å²) in [4.78, 5) is 25.4. The summed E-state index contributed by atoms with van der Waals surface area (Å²) < 4.78 is 53.2. The van der Waals surface area contributed by atoms with E-state index in [2.05, 4.69) is 5.32 Å². The van der Waals surface area contributed by atoms with Gasteiger partial charge in [0.05, 0.1) is 5.56 Å². The number of nitrogens with zero attached hydrogens (tertiary/aromatic N) is 1. The zero-order valence-corrected chi connectivity index (χ0v) is 16.3. The van der Waals surface area contributed by atoms with Gasteiger partial charge in [-0.1, -0.05) is 23.7 Å². The van der Waals surface area contributed by atoms with Crippen molar-refractivity contribution < 1.29 is 22.4 Å². The molecule has 0 bridgehead atoms. The molecule has 1 aromatic heterocycles. The van der Waals surface area contributed by atoms with Crippen molar-refractivity contribution in [1.29, 1.82) is 0 Å². The van der Waals surface area contributed by atoms with Gasteiger partial charge in [-0.3, -0.25) is 14.2 Å². The van der Waals surface area contributed by atoms with Crippen LogP contribution in [0.5, 0.6) is 0 Å². The van der Waals surface area contributed by atoms with Crippen LogP contribution in [-0.2, 0) is 12.7 Å². The third kappa shape index (κ3) is 4.54. The van der Waals surface area contributed by atoms with E-state index in [9.17, 15) is 27.2 Å². The van der Waals surface area contributed by atoms with Crippen LogP contribution in [0.1, 0.15) is 27.2 Å². The molecule has 1 heterocycles. The number of halogens is 5. The molecular formula is C21H15ClF4N2O2. The molecule has 3 rings (SSSR count). The van der Waals surface area contributed by atoms with Gasteiger partial charge in [0.1, 0.15) is 11.4 Å². The van der Waals surface area contributed by atoms with Crippen LogP contribution in [0.2, 0.25) is 5.02 Å². The van der Waals surface area contributed by atoms with Crippen LogP contribution < -0.4 is 10.9 Å². The molecule has 156 valence electrons. The highest BCUT2D eigenvalue weighted by molar-refractivity contribution is 6.31. The Hall–Kier alpha value is -3.13. The van der Waals surface area contributed by atoms with E-state index in [1.54, 1.807) is 6.92 Å². The molecule has 0 atom stereocenters. The SMILES string of the molecule is Cc1ccc(C(=O)NCc2ccc(F)cc2Cl)c(=O)n1-c1cccc(C(F)(F)F)c1. The van der Waals surface area contributed by atoms with Gasteiger partial charge >= 0.3 is 6.18 Å². The van der Waals surface area contributed by atoms with Gasteiger partial charge in [-0.25, -0.2) is 4.39 Å². The first kappa shape index (κ1) is 21.6. The Morgan fingerprint density at radius 1 is 1.10 bits per heavy atom. The third-order valence-electron chi connectivity index (χ3n) is 4.41. The molecule has 0 spiro atoms. The molecule has 1 N–H and O–H groups in total. The Balaban J connectivity index is 1.93. The lowest BCUT2D eigenvalue weighted by Crippen LogP contribution is -2.33. The highest BCUT2D eigenvalue weighted by atomic mass is 35.5. The Morgan fingerprint density at radius 2 is 1.83 bits per heavy atom. The number of amides is 1. The first-order valence-corrected chi connectivity index (χ1v) is 9.08. The molecule has 30 heavy (non-hydrogen) atoms. The Labute approximate surface area is 173 Å². The Kier molecular flexibility index (Phi) is 5.98. The van der Waals surface area contributed by atoms with Crippen LogP contribution in [0.25, 0.3) is 5.69 Å². The zero-order chi connectivity index (χ0) is 22.1. The van der Waals surface area contributed by atoms with Gasteiger partial charge in [-0.05, 0) is 55.0 Å². The summed E-state index contributed by atoms with van der Waals surface area (Å²) in [6.45, 7) is 1.48. The molecule has 0 aliphatic carbocycles. The molecular weight excluding hydrogens is 424 g/mol. The molecule has 0 radical (unpaired) electrons. The summed E-state index contributed by atoms with van der Waals surface area (Å²) in [5, 5.41) is 2.62. The van der Waals surface area contributed by atoms with Crippen LogP contribution in [0.4, 0.5) is 17.6 Å². The van der Waals surface area contributed by atoms with Crippen molar-refractivity contribution in [2.75, 3.05) is 0 Å². The topological polar surface area (TPSA) is 51.1 Å². The molecule has 0 unspecified atom stereocenters. The number of alkyl halides is 3. The fourth-order valence-electron chi connectivity index (χ4n) is 2.88. The number of hydrogen-bond donors (Lipinski definition) is 1. The fraction of sp³-hybridized carbons (Fsp3) is 0.143. The number of rotatable bonds is 4. The number of carbonyl (C=O) groups excluding carboxylic acids is 1. The lowest BCUT2D eigenvalue weighted by Gasteiger charge is -2.14. The maximum atomic E-state index is 13.1. The van der Waals surface area contributed by atoms with Crippen molar-refractivity contribution in [1.82, 2.24) is 9.88 Å². The number of carbonyl (C=O) groups is 1. The molecule has 0 saturated carbocycles. The van der Waals surface area contributed by atoms with Gasteiger partial charge < -0.3 is 5.32 Å². The standard InChI is InChI=1S/C21H15ClF4N2O2/c1-12-5-8-17(19(29)27-11-13-6-7-15(23)10-18(13)22)20(30)28(12)16-4-2-3-14(9-16)21(24,25)26/h2-10H,11H2,1H3,(H,27,29). The highest BCUT2D eigenvalue weighted by Crippen LogP contribution is 2.30. The van der Waals surface area contributed by atoms with Crippen molar-refractivity contribution >= 4 is 17.5 Å². The molecule has 2 aromatic carbocycles. The monoisotopic (exact) mass is 438 g/mol. The zero-order valence-electron chi connectivity index (χ0n) is 15.6. The van der Waals surface area contributed by atoms with Gasteiger partial charge in [-0.15, -0.1) is 0 Å². The van der Waals surface area contributed by atoms with Crippen LogP contribution in [0.15, 0.2) is 59.4 Å². The van der Waals surface area contributed by atoms with E-state index in [0.717, 1.165) is 22.8 Å². The van der Waals surface area contributed by atoms with E-state index < -0.39 is 29.0 Å². The molecule has 0 fully saturated rings. The maximum Gasteiger partial charge on any atom is 0.416 e. The van der Waals surface area contributed by atoms with Crippen molar-refractivity contribution in [3.05, 3.63) is 98.2 Å². The second kappa shape index (κ2) is 8.31. The normalized spacial score (nSPS) is 11.4.